The average Bonchev–Trinajstić information content (AvgIpc) is 2.83. The molecule has 0 spiro atoms. The van der Waals surface area contributed by atoms with Crippen molar-refractivity contribution in [3.05, 3.63) is 54.6 Å². The van der Waals surface area contributed by atoms with Crippen LogP contribution in [0.25, 0.3) is 11.0 Å². The van der Waals surface area contributed by atoms with E-state index in [9.17, 15) is 5.21 Å². The molecular formula is C13H12N4O. The summed E-state index contributed by atoms with van der Waals surface area (Å²) >= 11 is 0. The van der Waals surface area contributed by atoms with Gasteiger partial charge in [0.25, 0.3) is 0 Å². The number of rotatable bonds is 3. The van der Waals surface area contributed by atoms with Crippen LogP contribution in [0, 0.1) is 0 Å². The lowest BCUT2D eigenvalue weighted by molar-refractivity contribution is 0.222. The summed E-state index contributed by atoms with van der Waals surface area (Å²) in [5, 5.41) is 19.2. The highest BCUT2D eigenvalue weighted by molar-refractivity contribution is 5.73. The Morgan fingerprint density at radius 1 is 1.00 bits per heavy atom. The quantitative estimate of drug-likeness (QED) is 0.714. The number of hydroxylamine groups is 1. The minimum Gasteiger partial charge on any atom is -0.287 e. The number of para-hydroxylation sites is 2. The molecule has 90 valence electrons. The zero-order chi connectivity index (χ0) is 12.4. The predicted octanol–water partition coefficient (Wildman–Crippen LogP) is 2.28. The molecule has 5 heteroatoms. The van der Waals surface area contributed by atoms with E-state index in [2.05, 4.69) is 10.3 Å². The van der Waals surface area contributed by atoms with Crippen molar-refractivity contribution in [2.24, 2.45) is 0 Å². The maximum Gasteiger partial charge on any atom is 0.140 e. The van der Waals surface area contributed by atoms with Gasteiger partial charge < -0.3 is 0 Å². The van der Waals surface area contributed by atoms with Crippen LogP contribution in [-0.4, -0.2) is 20.2 Å². The van der Waals surface area contributed by atoms with Gasteiger partial charge in [-0.3, -0.25) is 5.21 Å². The SMILES string of the molecule is ON(Cn1nnc2ccccc21)c1ccccc1. The number of hydrogen-bond acceptors (Lipinski definition) is 4. The molecule has 0 atom stereocenters. The van der Waals surface area contributed by atoms with Crippen LogP contribution in [0.2, 0.25) is 0 Å². The summed E-state index contributed by atoms with van der Waals surface area (Å²) in [5.41, 5.74) is 2.43. The summed E-state index contributed by atoms with van der Waals surface area (Å²) in [7, 11) is 0. The van der Waals surface area contributed by atoms with E-state index in [1.165, 1.54) is 0 Å². The van der Waals surface area contributed by atoms with Gasteiger partial charge in [-0.1, -0.05) is 35.5 Å². The number of benzene rings is 2. The molecule has 0 amide bonds. The molecule has 1 aromatic heterocycles. The van der Waals surface area contributed by atoms with Crippen molar-refractivity contribution in [2.45, 2.75) is 6.67 Å². The van der Waals surface area contributed by atoms with E-state index in [0.717, 1.165) is 21.8 Å². The molecule has 0 aliphatic carbocycles. The number of aromatic nitrogens is 3. The van der Waals surface area contributed by atoms with E-state index < -0.39 is 0 Å². The van der Waals surface area contributed by atoms with Crippen LogP contribution in [0.1, 0.15) is 0 Å². The van der Waals surface area contributed by atoms with Crippen molar-refractivity contribution in [2.75, 3.05) is 5.06 Å². The van der Waals surface area contributed by atoms with Gasteiger partial charge in [0.05, 0.1) is 11.2 Å². The van der Waals surface area contributed by atoms with Gasteiger partial charge in [0, 0.05) is 0 Å². The average molecular weight is 240 g/mol. The molecule has 0 saturated heterocycles. The van der Waals surface area contributed by atoms with Crippen molar-refractivity contribution < 1.29 is 5.21 Å². The fourth-order valence-corrected chi connectivity index (χ4v) is 1.83. The zero-order valence-electron chi connectivity index (χ0n) is 9.64. The van der Waals surface area contributed by atoms with Crippen LogP contribution < -0.4 is 5.06 Å². The van der Waals surface area contributed by atoms with Crippen LogP contribution in [-0.2, 0) is 6.67 Å². The standard InChI is InChI=1S/C13H12N4O/c18-17(11-6-2-1-3-7-11)10-16-13-9-5-4-8-12(13)14-15-16/h1-9,18H,10H2. The minimum absolute atomic E-state index is 0.241. The number of fused-ring (bicyclic) bond motifs is 1. The number of anilines is 1. The third kappa shape index (κ3) is 1.91. The van der Waals surface area contributed by atoms with E-state index in [1.54, 1.807) is 4.68 Å². The molecule has 0 bridgehead atoms. The van der Waals surface area contributed by atoms with Crippen molar-refractivity contribution in [1.29, 1.82) is 0 Å². The first-order valence-electron chi connectivity index (χ1n) is 5.64. The van der Waals surface area contributed by atoms with Gasteiger partial charge in [-0.25, -0.2) is 9.75 Å². The fraction of sp³-hybridized carbons (Fsp3) is 0.0769. The molecule has 2 aromatic carbocycles. The maximum absolute atomic E-state index is 10.00. The summed E-state index contributed by atoms with van der Waals surface area (Å²) < 4.78 is 1.66. The third-order valence-corrected chi connectivity index (χ3v) is 2.74. The molecule has 0 aliphatic rings. The molecule has 18 heavy (non-hydrogen) atoms. The van der Waals surface area contributed by atoms with Gasteiger partial charge in [0.15, 0.2) is 0 Å². The summed E-state index contributed by atoms with van der Waals surface area (Å²) in [6.45, 7) is 0.241. The molecule has 0 aliphatic heterocycles. The van der Waals surface area contributed by atoms with Gasteiger partial charge >= 0.3 is 0 Å². The molecule has 0 radical (unpaired) electrons. The Hall–Kier alpha value is -2.40. The number of nitrogens with zero attached hydrogens (tertiary/aromatic N) is 4. The lowest BCUT2D eigenvalue weighted by Crippen LogP contribution is -2.22. The van der Waals surface area contributed by atoms with Crippen molar-refractivity contribution >= 4 is 16.7 Å². The molecule has 5 nitrogen and oxygen atoms in total. The largest absolute Gasteiger partial charge is 0.287 e. The van der Waals surface area contributed by atoms with Gasteiger partial charge in [0.1, 0.15) is 12.2 Å². The Kier molecular flexibility index (Phi) is 2.66. The van der Waals surface area contributed by atoms with Crippen LogP contribution in [0.15, 0.2) is 54.6 Å². The molecule has 0 saturated carbocycles. The van der Waals surface area contributed by atoms with E-state index in [1.807, 2.05) is 54.6 Å². The molecule has 1 N–H and O–H groups in total. The van der Waals surface area contributed by atoms with Crippen LogP contribution in [0.3, 0.4) is 0 Å². The molecule has 3 aromatic rings. The lowest BCUT2D eigenvalue weighted by atomic mass is 10.3. The summed E-state index contributed by atoms with van der Waals surface area (Å²) in [5.74, 6) is 0. The first kappa shape index (κ1) is 10.7. The monoisotopic (exact) mass is 240 g/mol. The van der Waals surface area contributed by atoms with Crippen LogP contribution in [0.4, 0.5) is 5.69 Å². The second-order valence-corrected chi connectivity index (χ2v) is 3.95. The van der Waals surface area contributed by atoms with Crippen LogP contribution >= 0.6 is 0 Å². The molecule has 1 heterocycles. The van der Waals surface area contributed by atoms with Crippen molar-refractivity contribution in [3.8, 4) is 0 Å². The maximum atomic E-state index is 10.00. The normalized spacial score (nSPS) is 10.7. The fourth-order valence-electron chi connectivity index (χ4n) is 1.83. The summed E-state index contributed by atoms with van der Waals surface area (Å²) in [6.07, 6.45) is 0. The van der Waals surface area contributed by atoms with E-state index in [-0.39, 0.29) is 6.67 Å². The zero-order valence-corrected chi connectivity index (χ0v) is 9.64. The van der Waals surface area contributed by atoms with Gasteiger partial charge in [0.2, 0.25) is 0 Å². The Morgan fingerprint density at radius 3 is 2.56 bits per heavy atom. The van der Waals surface area contributed by atoms with E-state index in [0.29, 0.717) is 0 Å². The first-order chi connectivity index (χ1) is 8.84. The summed E-state index contributed by atoms with van der Waals surface area (Å²) in [4.78, 5) is 0. The Labute approximate surface area is 104 Å². The summed E-state index contributed by atoms with van der Waals surface area (Å²) in [6, 6.07) is 17.0. The molecular weight excluding hydrogens is 228 g/mol. The highest BCUT2D eigenvalue weighted by Gasteiger charge is 2.07. The van der Waals surface area contributed by atoms with Gasteiger partial charge in [-0.2, -0.15) is 0 Å². The second kappa shape index (κ2) is 4.46. The van der Waals surface area contributed by atoms with Crippen LogP contribution in [0.5, 0.6) is 0 Å². The highest BCUT2D eigenvalue weighted by Crippen LogP contribution is 2.14. The molecule has 0 fully saturated rings. The topological polar surface area (TPSA) is 54.2 Å². The Morgan fingerprint density at radius 2 is 1.72 bits per heavy atom. The Bertz CT molecular complexity index is 650. The van der Waals surface area contributed by atoms with Gasteiger partial charge in [-0.15, -0.1) is 5.10 Å². The number of hydrogen-bond donors (Lipinski definition) is 1. The van der Waals surface area contributed by atoms with Crippen molar-refractivity contribution in [1.82, 2.24) is 15.0 Å². The van der Waals surface area contributed by atoms with Crippen molar-refractivity contribution in [3.63, 3.8) is 0 Å². The smallest absolute Gasteiger partial charge is 0.140 e. The second-order valence-electron chi connectivity index (χ2n) is 3.95. The first-order valence-corrected chi connectivity index (χ1v) is 5.64. The van der Waals surface area contributed by atoms with Gasteiger partial charge in [-0.05, 0) is 24.3 Å². The predicted molar refractivity (Wildman–Crippen MR) is 68.2 cm³/mol. The van der Waals surface area contributed by atoms with E-state index >= 15 is 0 Å². The molecule has 0 unspecified atom stereocenters. The third-order valence-electron chi connectivity index (χ3n) is 2.74. The van der Waals surface area contributed by atoms with E-state index in [4.69, 9.17) is 0 Å². The minimum atomic E-state index is 0.241. The Balaban J connectivity index is 1.89. The highest BCUT2D eigenvalue weighted by atomic mass is 16.5. The molecule has 3 rings (SSSR count). The lowest BCUT2D eigenvalue weighted by Gasteiger charge is -2.16.